The molecule has 0 radical (unpaired) electrons. The predicted molar refractivity (Wildman–Crippen MR) is 92.2 cm³/mol. The first kappa shape index (κ1) is 13.9. The lowest BCUT2D eigenvalue weighted by Gasteiger charge is -2.26. The van der Waals surface area contributed by atoms with Crippen LogP contribution < -0.4 is 0 Å². The molecule has 0 bridgehead atoms. The van der Waals surface area contributed by atoms with Gasteiger partial charge in [-0.3, -0.25) is 15.2 Å². The van der Waals surface area contributed by atoms with Crippen molar-refractivity contribution in [1.82, 2.24) is 5.06 Å². The van der Waals surface area contributed by atoms with Gasteiger partial charge < -0.3 is 0 Å². The maximum Gasteiger partial charge on any atom is 0.151 e. The smallest absolute Gasteiger partial charge is 0.151 e. The van der Waals surface area contributed by atoms with Gasteiger partial charge in [0.2, 0.25) is 0 Å². The van der Waals surface area contributed by atoms with E-state index in [-0.39, 0.29) is 0 Å². The van der Waals surface area contributed by atoms with Crippen molar-refractivity contribution in [1.29, 1.82) is 0 Å². The molecule has 23 heavy (non-hydrogen) atoms. The third-order valence-corrected chi connectivity index (χ3v) is 4.17. The highest BCUT2D eigenvalue weighted by Crippen LogP contribution is 2.39. The average molecular weight is 303 g/mol. The minimum Gasteiger partial charge on any atom is -0.286 e. The quantitative estimate of drug-likeness (QED) is 0.864. The molecule has 2 aliphatic rings. The Bertz CT molecular complexity index is 863. The fourth-order valence-corrected chi connectivity index (χ4v) is 2.99. The molecule has 4 rings (SSSR count). The Morgan fingerprint density at radius 3 is 2.43 bits per heavy atom. The van der Waals surface area contributed by atoms with Crippen LogP contribution in [0.4, 0.5) is 5.69 Å². The van der Waals surface area contributed by atoms with Crippen LogP contribution in [0.25, 0.3) is 5.57 Å². The molecule has 2 aromatic rings. The monoisotopic (exact) mass is 303 g/mol. The van der Waals surface area contributed by atoms with Crippen LogP contribution >= 0.6 is 0 Å². The van der Waals surface area contributed by atoms with Crippen molar-refractivity contribution in [3.05, 3.63) is 71.4 Å². The zero-order chi connectivity index (χ0) is 16.0. The van der Waals surface area contributed by atoms with E-state index in [0.717, 1.165) is 28.1 Å². The second kappa shape index (κ2) is 4.89. The number of hydrogen-bond donors (Lipinski definition) is 1. The first-order valence-corrected chi connectivity index (χ1v) is 7.60. The third kappa shape index (κ3) is 2.11. The number of benzene rings is 2. The molecule has 1 N–H and O–H groups in total. The molecular weight excluding hydrogens is 286 g/mol. The molecule has 0 aromatic heterocycles. The standard InChI is InChI=1S/C19H17N3O/c1-19(2)21-17(13-8-4-3-5-9-13)18(22(19)23)15-12-20-16-11-7-6-10-14(15)16/h3-12,23H,1-2H3/b18-15-. The topological polar surface area (TPSA) is 48.2 Å². The minimum atomic E-state index is -0.709. The molecule has 114 valence electrons. The second-order valence-corrected chi connectivity index (χ2v) is 6.17. The van der Waals surface area contributed by atoms with Gasteiger partial charge in [-0.05, 0) is 19.9 Å². The fraction of sp³-hybridized carbons (Fsp3) is 0.158. The predicted octanol–water partition coefficient (Wildman–Crippen LogP) is 4.04. The van der Waals surface area contributed by atoms with E-state index in [1.807, 2.05) is 74.7 Å². The summed E-state index contributed by atoms with van der Waals surface area (Å²) < 4.78 is 0. The first-order chi connectivity index (χ1) is 11.1. The van der Waals surface area contributed by atoms with Crippen molar-refractivity contribution in [2.24, 2.45) is 9.98 Å². The van der Waals surface area contributed by atoms with Crippen LogP contribution in [0, 0.1) is 0 Å². The molecule has 4 heteroatoms. The fourth-order valence-electron chi connectivity index (χ4n) is 2.99. The van der Waals surface area contributed by atoms with Gasteiger partial charge >= 0.3 is 0 Å². The van der Waals surface area contributed by atoms with Crippen LogP contribution in [0.15, 0.2) is 70.3 Å². The Balaban J connectivity index is 1.96. The highest BCUT2D eigenvalue weighted by atomic mass is 16.5. The van der Waals surface area contributed by atoms with Gasteiger partial charge in [-0.1, -0.05) is 48.5 Å². The van der Waals surface area contributed by atoms with Crippen LogP contribution in [0.2, 0.25) is 0 Å². The van der Waals surface area contributed by atoms with Gasteiger partial charge in [0.15, 0.2) is 5.66 Å². The zero-order valence-corrected chi connectivity index (χ0v) is 13.1. The van der Waals surface area contributed by atoms with Gasteiger partial charge in [0, 0.05) is 22.9 Å². The van der Waals surface area contributed by atoms with Gasteiger partial charge in [0.1, 0.15) is 5.70 Å². The first-order valence-electron chi connectivity index (χ1n) is 7.60. The number of para-hydroxylation sites is 1. The van der Waals surface area contributed by atoms with E-state index >= 15 is 0 Å². The molecule has 0 aliphatic carbocycles. The number of aliphatic imine (C=N–C) groups is 2. The minimum absolute atomic E-state index is 0.704. The summed E-state index contributed by atoms with van der Waals surface area (Å²) in [6.07, 6.45) is 1.81. The van der Waals surface area contributed by atoms with E-state index in [2.05, 4.69) is 4.99 Å². The molecule has 4 nitrogen and oxygen atoms in total. The molecule has 2 aromatic carbocycles. The van der Waals surface area contributed by atoms with Crippen LogP contribution in [-0.2, 0) is 0 Å². The molecule has 0 unspecified atom stereocenters. The van der Waals surface area contributed by atoms with E-state index in [9.17, 15) is 5.21 Å². The molecule has 0 spiro atoms. The maximum absolute atomic E-state index is 10.7. The Morgan fingerprint density at radius 2 is 1.65 bits per heavy atom. The Labute approximate surface area is 135 Å². The number of rotatable bonds is 1. The van der Waals surface area contributed by atoms with Gasteiger partial charge in [-0.25, -0.2) is 5.06 Å². The van der Waals surface area contributed by atoms with Crippen molar-refractivity contribution in [3.8, 4) is 0 Å². The summed E-state index contributed by atoms with van der Waals surface area (Å²) in [5.41, 5.74) is 4.60. The van der Waals surface area contributed by atoms with Crippen molar-refractivity contribution >= 4 is 23.2 Å². The number of hydroxylamine groups is 2. The summed E-state index contributed by atoms with van der Waals surface area (Å²) in [4.78, 5) is 9.20. The van der Waals surface area contributed by atoms with E-state index in [4.69, 9.17) is 4.99 Å². The van der Waals surface area contributed by atoms with E-state index in [0.29, 0.717) is 5.70 Å². The van der Waals surface area contributed by atoms with Crippen LogP contribution in [0.3, 0.4) is 0 Å². The molecular formula is C19H17N3O. The van der Waals surface area contributed by atoms with Crippen LogP contribution in [0.1, 0.15) is 25.0 Å². The van der Waals surface area contributed by atoms with Gasteiger partial charge in [0.05, 0.1) is 11.4 Å². The largest absolute Gasteiger partial charge is 0.286 e. The number of hydrogen-bond acceptors (Lipinski definition) is 4. The molecule has 2 heterocycles. The summed E-state index contributed by atoms with van der Waals surface area (Å²) in [7, 11) is 0. The number of nitrogens with zero attached hydrogens (tertiary/aromatic N) is 3. The molecule has 0 atom stereocenters. The van der Waals surface area contributed by atoms with Gasteiger partial charge in [0.25, 0.3) is 0 Å². The van der Waals surface area contributed by atoms with Gasteiger partial charge in [-0.15, -0.1) is 0 Å². The molecule has 0 fully saturated rings. The van der Waals surface area contributed by atoms with Crippen LogP contribution in [-0.4, -0.2) is 27.9 Å². The third-order valence-electron chi connectivity index (χ3n) is 4.17. The summed E-state index contributed by atoms with van der Waals surface area (Å²) >= 11 is 0. The highest BCUT2D eigenvalue weighted by Gasteiger charge is 2.39. The Kier molecular flexibility index (Phi) is 2.96. The summed E-state index contributed by atoms with van der Waals surface area (Å²) in [6.45, 7) is 3.78. The normalized spacial score (nSPS) is 21.5. The highest BCUT2D eigenvalue weighted by molar-refractivity contribution is 6.28. The number of fused-ring (bicyclic) bond motifs is 1. The molecule has 2 aliphatic heterocycles. The average Bonchev–Trinajstić information content (AvgIpc) is 3.08. The van der Waals surface area contributed by atoms with Gasteiger partial charge in [-0.2, -0.15) is 0 Å². The molecule has 0 amide bonds. The zero-order valence-electron chi connectivity index (χ0n) is 13.1. The number of allylic oxidation sites excluding steroid dienone is 2. The lowest BCUT2D eigenvalue weighted by Crippen LogP contribution is -2.35. The van der Waals surface area contributed by atoms with E-state index in [1.54, 1.807) is 0 Å². The van der Waals surface area contributed by atoms with E-state index < -0.39 is 5.66 Å². The summed E-state index contributed by atoms with van der Waals surface area (Å²) in [6, 6.07) is 17.9. The Hall–Kier alpha value is -2.72. The molecule has 0 saturated heterocycles. The summed E-state index contributed by atoms with van der Waals surface area (Å²) in [5, 5.41) is 12.0. The van der Waals surface area contributed by atoms with Crippen molar-refractivity contribution < 1.29 is 5.21 Å². The summed E-state index contributed by atoms with van der Waals surface area (Å²) in [5.74, 6) is 0. The van der Waals surface area contributed by atoms with Crippen LogP contribution in [0.5, 0.6) is 0 Å². The SMILES string of the molecule is CC1(C)N=C(c2ccccc2)/C(=C2\C=Nc3ccccc32)N1O. The van der Waals surface area contributed by atoms with Crippen molar-refractivity contribution in [2.75, 3.05) is 0 Å². The maximum atomic E-state index is 10.7. The van der Waals surface area contributed by atoms with E-state index in [1.165, 1.54) is 5.06 Å². The van der Waals surface area contributed by atoms with Crippen molar-refractivity contribution in [2.45, 2.75) is 19.5 Å². The molecule has 0 saturated carbocycles. The lowest BCUT2D eigenvalue weighted by molar-refractivity contribution is -0.111. The lowest BCUT2D eigenvalue weighted by atomic mass is 9.99. The Morgan fingerprint density at radius 1 is 0.957 bits per heavy atom. The second-order valence-electron chi connectivity index (χ2n) is 6.17. The van der Waals surface area contributed by atoms with Crippen molar-refractivity contribution in [3.63, 3.8) is 0 Å².